The average molecular weight is 278 g/mol. The van der Waals surface area contributed by atoms with Crippen LogP contribution in [0.25, 0.3) is 0 Å². The Morgan fingerprint density at radius 2 is 2.10 bits per heavy atom. The summed E-state index contributed by atoms with van der Waals surface area (Å²) in [5.74, 6) is 1.11. The Labute approximate surface area is 117 Å². The summed E-state index contributed by atoms with van der Waals surface area (Å²) in [5.41, 5.74) is 6.91. The lowest BCUT2D eigenvalue weighted by Crippen LogP contribution is -2.25. The summed E-state index contributed by atoms with van der Waals surface area (Å²) in [6.07, 6.45) is 3.49. The highest BCUT2D eigenvalue weighted by Crippen LogP contribution is 2.38. The van der Waals surface area contributed by atoms with Crippen molar-refractivity contribution in [3.63, 3.8) is 0 Å². The lowest BCUT2D eigenvalue weighted by Gasteiger charge is -2.22. The van der Waals surface area contributed by atoms with E-state index >= 15 is 0 Å². The number of benzene rings is 1. The van der Waals surface area contributed by atoms with E-state index in [9.17, 15) is 4.79 Å². The third-order valence-electron chi connectivity index (χ3n) is 3.51. The molecule has 1 atom stereocenters. The molecule has 0 aliphatic carbocycles. The molecule has 2 heterocycles. The van der Waals surface area contributed by atoms with Crippen LogP contribution in [0.4, 0.5) is 11.4 Å². The number of carbonyl (C=O) groups is 1. The molecule has 1 fully saturated rings. The quantitative estimate of drug-likeness (QED) is 0.825. The van der Waals surface area contributed by atoms with E-state index in [1.54, 1.807) is 12.1 Å². The summed E-state index contributed by atoms with van der Waals surface area (Å²) < 4.78 is 16.1. The number of hydrogen-bond acceptors (Lipinski definition) is 5. The standard InChI is InChI=1S/C14H18N2O4/c15-10-6-12-13(20-8-19-12)7-11(10)16-14(17)5-9-3-1-2-4-18-9/h6-7,9H,1-5,8,15H2,(H,16,17). The van der Waals surface area contributed by atoms with E-state index in [1.807, 2.05) is 0 Å². The molecule has 1 unspecified atom stereocenters. The van der Waals surface area contributed by atoms with Gasteiger partial charge in [0.15, 0.2) is 11.5 Å². The lowest BCUT2D eigenvalue weighted by molar-refractivity contribution is -0.119. The zero-order valence-corrected chi connectivity index (χ0v) is 11.2. The molecule has 3 N–H and O–H groups in total. The second-order valence-electron chi connectivity index (χ2n) is 5.03. The molecular weight excluding hydrogens is 260 g/mol. The highest BCUT2D eigenvalue weighted by atomic mass is 16.7. The first-order valence-electron chi connectivity index (χ1n) is 6.83. The molecule has 1 aromatic rings. The van der Waals surface area contributed by atoms with E-state index in [0.717, 1.165) is 25.9 Å². The molecule has 2 aliphatic heterocycles. The number of rotatable bonds is 3. The van der Waals surface area contributed by atoms with Gasteiger partial charge in [0.1, 0.15) is 0 Å². The van der Waals surface area contributed by atoms with Gasteiger partial charge in [0.2, 0.25) is 12.7 Å². The molecule has 6 nitrogen and oxygen atoms in total. The smallest absolute Gasteiger partial charge is 0.231 e. The minimum atomic E-state index is -0.0949. The van der Waals surface area contributed by atoms with Gasteiger partial charge in [-0.3, -0.25) is 4.79 Å². The van der Waals surface area contributed by atoms with E-state index in [4.69, 9.17) is 19.9 Å². The SMILES string of the molecule is Nc1cc2c(cc1NC(=O)CC1CCCCO1)OCO2. The van der Waals surface area contributed by atoms with Crippen LogP contribution in [0.2, 0.25) is 0 Å². The number of ether oxygens (including phenoxy) is 3. The predicted molar refractivity (Wildman–Crippen MR) is 73.8 cm³/mol. The third-order valence-corrected chi connectivity index (χ3v) is 3.51. The van der Waals surface area contributed by atoms with Crippen LogP contribution < -0.4 is 20.5 Å². The molecular formula is C14H18N2O4. The minimum Gasteiger partial charge on any atom is -0.454 e. The summed E-state index contributed by atoms with van der Waals surface area (Å²) in [4.78, 5) is 12.0. The van der Waals surface area contributed by atoms with Gasteiger partial charge in [0.25, 0.3) is 0 Å². The molecule has 6 heteroatoms. The highest BCUT2D eigenvalue weighted by molar-refractivity contribution is 5.94. The molecule has 2 aliphatic rings. The van der Waals surface area contributed by atoms with Crippen molar-refractivity contribution in [3.05, 3.63) is 12.1 Å². The maximum Gasteiger partial charge on any atom is 0.231 e. The topological polar surface area (TPSA) is 82.8 Å². The monoisotopic (exact) mass is 278 g/mol. The van der Waals surface area contributed by atoms with E-state index in [-0.39, 0.29) is 18.8 Å². The van der Waals surface area contributed by atoms with Crippen molar-refractivity contribution < 1.29 is 19.0 Å². The van der Waals surface area contributed by atoms with Gasteiger partial charge in [-0.05, 0) is 19.3 Å². The van der Waals surface area contributed by atoms with E-state index in [0.29, 0.717) is 29.3 Å². The number of fused-ring (bicyclic) bond motifs is 1. The van der Waals surface area contributed by atoms with Gasteiger partial charge >= 0.3 is 0 Å². The number of anilines is 2. The maximum atomic E-state index is 12.0. The van der Waals surface area contributed by atoms with Crippen LogP contribution in [0.1, 0.15) is 25.7 Å². The summed E-state index contributed by atoms with van der Waals surface area (Å²) in [7, 11) is 0. The molecule has 3 rings (SSSR count). The first-order chi connectivity index (χ1) is 9.72. The van der Waals surface area contributed by atoms with Crippen LogP contribution in [-0.4, -0.2) is 25.4 Å². The number of hydrogen-bond donors (Lipinski definition) is 2. The first-order valence-corrected chi connectivity index (χ1v) is 6.83. The second-order valence-corrected chi connectivity index (χ2v) is 5.03. The van der Waals surface area contributed by atoms with Crippen molar-refractivity contribution in [1.29, 1.82) is 0 Å². The molecule has 0 aromatic heterocycles. The fourth-order valence-corrected chi connectivity index (χ4v) is 2.44. The molecule has 0 radical (unpaired) electrons. The summed E-state index contributed by atoms with van der Waals surface area (Å²) >= 11 is 0. The van der Waals surface area contributed by atoms with Gasteiger partial charge in [-0.2, -0.15) is 0 Å². The van der Waals surface area contributed by atoms with Crippen LogP contribution in [0.3, 0.4) is 0 Å². The van der Waals surface area contributed by atoms with Gasteiger partial charge < -0.3 is 25.3 Å². The van der Waals surface area contributed by atoms with Gasteiger partial charge in [-0.15, -0.1) is 0 Å². The lowest BCUT2D eigenvalue weighted by atomic mass is 10.1. The molecule has 0 saturated carbocycles. The van der Waals surface area contributed by atoms with Crippen LogP contribution in [0.15, 0.2) is 12.1 Å². The Morgan fingerprint density at radius 1 is 1.30 bits per heavy atom. The second kappa shape index (κ2) is 5.58. The van der Waals surface area contributed by atoms with Crippen molar-refractivity contribution in [2.45, 2.75) is 31.8 Å². The van der Waals surface area contributed by atoms with Crippen molar-refractivity contribution in [3.8, 4) is 11.5 Å². The number of nitrogens with two attached hydrogens (primary N) is 1. The number of amides is 1. The highest BCUT2D eigenvalue weighted by Gasteiger charge is 2.20. The Morgan fingerprint density at radius 3 is 2.85 bits per heavy atom. The van der Waals surface area contributed by atoms with Gasteiger partial charge in [0, 0.05) is 18.7 Å². The van der Waals surface area contributed by atoms with Gasteiger partial charge in [0.05, 0.1) is 23.9 Å². The average Bonchev–Trinajstić information content (AvgIpc) is 2.87. The Kier molecular flexibility index (Phi) is 3.64. The fourth-order valence-electron chi connectivity index (χ4n) is 2.44. The predicted octanol–water partition coefficient (Wildman–Crippen LogP) is 1.90. The zero-order chi connectivity index (χ0) is 13.9. The molecule has 20 heavy (non-hydrogen) atoms. The fraction of sp³-hybridized carbons (Fsp3) is 0.500. The third kappa shape index (κ3) is 2.80. The summed E-state index contributed by atoms with van der Waals surface area (Å²) in [6.45, 7) is 0.923. The van der Waals surface area contributed by atoms with Crippen molar-refractivity contribution in [1.82, 2.24) is 0 Å². The minimum absolute atomic E-state index is 0.0129. The summed E-state index contributed by atoms with van der Waals surface area (Å²) in [5, 5.41) is 2.81. The molecule has 0 bridgehead atoms. The normalized spacial score (nSPS) is 20.7. The number of nitrogens with one attached hydrogen (secondary N) is 1. The zero-order valence-electron chi connectivity index (χ0n) is 11.2. The maximum absolute atomic E-state index is 12.0. The Bertz CT molecular complexity index is 512. The summed E-state index contributed by atoms with van der Waals surface area (Å²) in [6, 6.07) is 3.35. The molecule has 0 spiro atoms. The van der Waals surface area contributed by atoms with Crippen molar-refractivity contribution in [2.75, 3.05) is 24.5 Å². The molecule has 1 aromatic carbocycles. The molecule has 108 valence electrons. The number of nitrogen functional groups attached to an aromatic ring is 1. The Hall–Kier alpha value is -1.95. The largest absolute Gasteiger partial charge is 0.454 e. The molecule has 1 saturated heterocycles. The Balaban J connectivity index is 1.63. The first kappa shape index (κ1) is 13.1. The van der Waals surface area contributed by atoms with Crippen LogP contribution in [-0.2, 0) is 9.53 Å². The van der Waals surface area contributed by atoms with Crippen LogP contribution >= 0.6 is 0 Å². The van der Waals surface area contributed by atoms with Gasteiger partial charge in [-0.25, -0.2) is 0 Å². The van der Waals surface area contributed by atoms with E-state index in [2.05, 4.69) is 5.32 Å². The number of carbonyl (C=O) groups excluding carboxylic acids is 1. The van der Waals surface area contributed by atoms with E-state index < -0.39 is 0 Å². The molecule has 1 amide bonds. The van der Waals surface area contributed by atoms with E-state index in [1.165, 1.54) is 0 Å². The van der Waals surface area contributed by atoms with Crippen LogP contribution in [0, 0.1) is 0 Å². The van der Waals surface area contributed by atoms with Crippen molar-refractivity contribution >= 4 is 17.3 Å². The van der Waals surface area contributed by atoms with Crippen LogP contribution in [0.5, 0.6) is 11.5 Å². The van der Waals surface area contributed by atoms with Gasteiger partial charge in [-0.1, -0.05) is 0 Å². The van der Waals surface area contributed by atoms with Crippen molar-refractivity contribution in [2.24, 2.45) is 0 Å².